The van der Waals surface area contributed by atoms with E-state index in [0.717, 1.165) is 30.5 Å². The fourth-order valence-corrected chi connectivity index (χ4v) is 5.15. The number of sulfonamides is 1. The van der Waals surface area contributed by atoms with Gasteiger partial charge in [0.2, 0.25) is 0 Å². The second-order valence-corrected chi connectivity index (χ2v) is 9.34. The number of rotatable bonds is 5. The molecule has 0 amide bonds. The Kier molecular flexibility index (Phi) is 5.34. The van der Waals surface area contributed by atoms with E-state index in [1.807, 2.05) is 18.2 Å². The average Bonchev–Trinajstić information content (AvgIpc) is 2.70. The molecule has 0 unspecified atom stereocenters. The molecule has 0 atom stereocenters. The van der Waals surface area contributed by atoms with Crippen LogP contribution >= 0.6 is 0 Å². The summed E-state index contributed by atoms with van der Waals surface area (Å²) in [6, 6.07) is 9.58. The SMILES string of the molecule is O=S(=O)(Nc1ccc(NC2CCCCC2)cn1)c1ccc2c(c1)CCCC2. The molecule has 144 valence electrons. The molecule has 2 aliphatic carbocycles. The molecule has 4 rings (SSSR count). The Morgan fingerprint density at radius 3 is 2.41 bits per heavy atom. The quantitative estimate of drug-likeness (QED) is 0.795. The molecule has 1 fully saturated rings. The molecule has 1 aromatic carbocycles. The van der Waals surface area contributed by atoms with Crippen LogP contribution in [0, 0.1) is 0 Å². The van der Waals surface area contributed by atoms with Crippen molar-refractivity contribution in [3.8, 4) is 0 Å². The van der Waals surface area contributed by atoms with Crippen LogP contribution in [-0.4, -0.2) is 19.4 Å². The van der Waals surface area contributed by atoms with E-state index in [0.29, 0.717) is 16.8 Å². The van der Waals surface area contributed by atoms with Crippen molar-refractivity contribution < 1.29 is 8.42 Å². The molecule has 6 heteroatoms. The standard InChI is InChI=1S/C21H27N3O2S/c25-27(26,20-12-10-16-6-4-5-7-17(16)14-20)24-21-13-11-19(15-22-21)23-18-8-2-1-3-9-18/h10-15,18,23H,1-9H2,(H,22,24). The summed E-state index contributed by atoms with van der Waals surface area (Å²) in [6.07, 6.45) is 12.2. The molecule has 0 saturated heterocycles. The number of fused-ring (bicyclic) bond motifs is 1. The zero-order chi connectivity index (χ0) is 18.7. The Morgan fingerprint density at radius 2 is 1.67 bits per heavy atom. The number of nitrogens with one attached hydrogen (secondary N) is 2. The van der Waals surface area contributed by atoms with Gasteiger partial charge >= 0.3 is 0 Å². The zero-order valence-electron chi connectivity index (χ0n) is 15.6. The first-order chi connectivity index (χ1) is 13.1. The lowest BCUT2D eigenvalue weighted by Gasteiger charge is -2.23. The van der Waals surface area contributed by atoms with E-state index in [1.54, 1.807) is 18.3 Å². The Labute approximate surface area is 161 Å². The summed E-state index contributed by atoms with van der Waals surface area (Å²) in [4.78, 5) is 4.60. The van der Waals surface area contributed by atoms with E-state index in [9.17, 15) is 8.42 Å². The van der Waals surface area contributed by atoms with Gasteiger partial charge in [-0.3, -0.25) is 4.72 Å². The van der Waals surface area contributed by atoms with Gasteiger partial charge in [-0.05, 0) is 73.9 Å². The molecule has 0 radical (unpaired) electrons. The van der Waals surface area contributed by atoms with Crippen LogP contribution < -0.4 is 10.0 Å². The van der Waals surface area contributed by atoms with E-state index in [1.165, 1.54) is 44.1 Å². The van der Waals surface area contributed by atoms with E-state index >= 15 is 0 Å². The monoisotopic (exact) mass is 385 g/mol. The third-order valence-corrected chi connectivity index (χ3v) is 6.96. The van der Waals surface area contributed by atoms with Gasteiger partial charge < -0.3 is 5.32 Å². The number of benzene rings is 1. The summed E-state index contributed by atoms with van der Waals surface area (Å²) in [5, 5.41) is 3.50. The number of hydrogen-bond acceptors (Lipinski definition) is 4. The van der Waals surface area contributed by atoms with Crippen molar-refractivity contribution in [2.24, 2.45) is 0 Å². The summed E-state index contributed by atoms with van der Waals surface area (Å²) in [7, 11) is -3.62. The Hall–Kier alpha value is -2.08. The normalized spacial score (nSPS) is 17.9. The predicted octanol–water partition coefficient (Wildman–Crippen LogP) is 4.51. The van der Waals surface area contributed by atoms with Gasteiger partial charge in [0.25, 0.3) is 10.0 Å². The Morgan fingerprint density at radius 1 is 0.889 bits per heavy atom. The van der Waals surface area contributed by atoms with Crippen LogP contribution in [0.2, 0.25) is 0 Å². The second kappa shape index (κ2) is 7.89. The van der Waals surface area contributed by atoms with Crippen molar-refractivity contribution in [1.29, 1.82) is 0 Å². The summed E-state index contributed by atoms with van der Waals surface area (Å²) >= 11 is 0. The molecule has 0 bridgehead atoms. The highest BCUT2D eigenvalue weighted by Gasteiger charge is 2.18. The number of anilines is 2. The molecular formula is C21H27N3O2S. The largest absolute Gasteiger partial charge is 0.381 e. The van der Waals surface area contributed by atoms with Crippen LogP contribution in [0.4, 0.5) is 11.5 Å². The molecular weight excluding hydrogens is 358 g/mol. The van der Waals surface area contributed by atoms with Crippen LogP contribution in [0.15, 0.2) is 41.4 Å². The van der Waals surface area contributed by atoms with Crippen LogP contribution in [-0.2, 0) is 22.9 Å². The van der Waals surface area contributed by atoms with Gasteiger partial charge in [-0.2, -0.15) is 0 Å². The predicted molar refractivity (Wildman–Crippen MR) is 109 cm³/mol. The number of aryl methyl sites for hydroxylation is 2. The van der Waals surface area contributed by atoms with Gasteiger partial charge in [-0.1, -0.05) is 25.3 Å². The smallest absolute Gasteiger partial charge is 0.263 e. The van der Waals surface area contributed by atoms with Gasteiger partial charge in [0.15, 0.2) is 0 Å². The summed E-state index contributed by atoms with van der Waals surface area (Å²) in [5.41, 5.74) is 3.37. The van der Waals surface area contributed by atoms with Gasteiger partial charge in [0, 0.05) is 6.04 Å². The third kappa shape index (κ3) is 4.43. The summed E-state index contributed by atoms with van der Waals surface area (Å²) in [5.74, 6) is 0.349. The van der Waals surface area contributed by atoms with Gasteiger partial charge in [0.05, 0.1) is 16.8 Å². The minimum Gasteiger partial charge on any atom is -0.381 e. The highest BCUT2D eigenvalue weighted by atomic mass is 32.2. The molecule has 5 nitrogen and oxygen atoms in total. The second-order valence-electron chi connectivity index (χ2n) is 7.65. The van der Waals surface area contributed by atoms with Crippen molar-refractivity contribution in [2.45, 2.75) is 68.7 Å². The van der Waals surface area contributed by atoms with Gasteiger partial charge in [0.1, 0.15) is 5.82 Å². The number of nitrogens with zero attached hydrogens (tertiary/aromatic N) is 1. The highest BCUT2D eigenvalue weighted by molar-refractivity contribution is 7.92. The Balaban J connectivity index is 1.44. The van der Waals surface area contributed by atoms with Crippen molar-refractivity contribution in [1.82, 2.24) is 4.98 Å². The molecule has 2 aliphatic rings. The van der Waals surface area contributed by atoms with Crippen molar-refractivity contribution in [2.75, 3.05) is 10.0 Å². The molecule has 27 heavy (non-hydrogen) atoms. The maximum Gasteiger partial charge on any atom is 0.263 e. The van der Waals surface area contributed by atoms with Crippen LogP contribution in [0.25, 0.3) is 0 Å². The Bertz CT molecular complexity index is 888. The molecule has 2 N–H and O–H groups in total. The van der Waals surface area contributed by atoms with Gasteiger partial charge in [-0.25, -0.2) is 13.4 Å². The first-order valence-corrected chi connectivity index (χ1v) is 11.5. The molecule has 0 spiro atoms. The topological polar surface area (TPSA) is 71.1 Å². The fourth-order valence-electron chi connectivity index (χ4n) is 4.10. The minimum atomic E-state index is -3.62. The maximum absolute atomic E-state index is 12.7. The fraction of sp³-hybridized carbons (Fsp3) is 0.476. The van der Waals surface area contributed by atoms with E-state index < -0.39 is 10.0 Å². The van der Waals surface area contributed by atoms with E-state index in [2.05, 4.69) is 15.0 Å². The summed E-state index contributed by atoms with van der Waals surface area (Å²) < 4.78 is 28.1. The molecule has 1 aromatic heterocycles. The first-order valence-electron chi connectivity index (χ1n) is 9.97. The van der Waals surface area contributed by atoms with Crippen molar-refractivity contribution in [3.05, 3.63) is 47.7 Å². The van der Waals surface area contributed by atoms with Crippen LogP contribution in [0.3, 0.4) is 0 Å². The van der Waals surface area contributed by atoms with Gasteiger partial charge in [-0.15, -0.1) is 0 Å². The van der Waals surface area contributed by atoms with Crippen LogP contribution in [0.1, 0.15) is 56.1 Å². The van der Waals surface area contributed by atoms with Crippen molar-refractivity contribution >= 4 is 21.5 Å². The zero-order valence-corrected chi connectivity index (χ0v) is 16.4. The molecule has 0 aliphatic heterocycles. The number of aromatic nitrogens is 1. The lowest BCUT2D eigenvalue weighted by Crippen LogP contribution is -2.22. The molecule has 1 saturated carbocycles. The molecule has 2 aromatic rings. The number of pyridine rings is 1. The average molecular weight is 386 g/mol. The number of hydrogen-bond donors (Lipinski definition) is 2. The first kappa shape index (κ1) is 18.3. The third-order valence-electron chi connectivity index (χ3n) is 5.61. The lowest BCUT2D eigenvalue weighted by atomic mass is 9.92. The molecule has 1 heterocycles. The summed E-state index contributed by atoms with van der Waals surface area (Å²) in [6.45, 7) is 0. The van der Waals surface area contributed by atoms with Crippen molar-refractivity contribution in [3.63, 3.8) is 0 Å². The van der Waals surface area contributed by atoms with E-state index in [-0.39, 0.29) is 0 Å². The maximum atomic E-state index is 12.7. The van der Waals surface area contributed by atoms with E-state index in [4.69, 9.17) is 0 Å². The minimum absolute atomic E-state index is 0.314. The van der Waals surface area contributed by atoms with Crippen LogP contribution in [0.5, 0.6) is 0 Å². The lowest BCUT2D eigenvalue weighted by molar-refractivity contribution is 0.462. The highest BCUT2D eigenvalue weighted by Crippen LogP contribution is 2.26.